The molecule has 1 aliphatic rings. The Morgan fingerprint density at radius 3 is 1.85 bits per heavy atom. The normalized spacial score (nSPS) is 17.6. The number of ether oxygens (including phenoxy) is 2. The summed E-state index contributed by atoms with van der Waals surface area (Å²) >= 11 is 1.73. The van der Waals surface area contributed by atoms with Gasteiger partial charge in [-0.2, -0.15) is 0 Å². The molecule has 0 saturated carbocycles. The molecule has 0 radical (unpaired) electrons. The lowest BCUT2D eigenvalue weighted by atomic mass is 9.84. The summed E-state index contributed by atoms with van der Waals surface area (Å²) < 4.78 is 10.3. The molecule has 53 heavy (non-hydrogen) atoms. The molecule has 0 aromatic heterocycles. The predicted molar refractivity (Wildman–Crippen MR) is 215 cm³/mol. The maximum Gasteiger partial charge on any atom is 0.407 e. The summed E-state index contributed by atoms with van der Waals surface area (Å²) in [5, 5.41) is 13.4. The van der Waals surface area contributed by atoms with Crippen molar-refractivity contribution < 1.29 is 23.9 Å². The number of thioether (sulfide) groups is 1. The summed E-state index contributed by atoms with van der Waals surface area (Å²) in [4.78, 5) is 40.4. The number of nitrogens with one attached hydrogen (secondary N) is 4. The minimum absolute atomic E-state index is 0.177. The van der Waals surface area contributed by atoms with Gasteiger partial charge in [-0.3, -0.25) is 15.4 Å². The first-order valence-electron chi connectivity index (χ1n) is 19.1. The van der Waals surface area contributed by atoms with E-state index in [1.54, 1.807) is 11.8 Å². The molecule has 3 aromatic carbocycles. The van der Waals surface area contributed by atoms with Crippen molar-refractivity contribution in [3.05, 3.63) is 108 Å². The molecule has 0 spiro atoms. The zero-order chi connectivity index (χ0) is 38.5. The number of amides is 2. The number of hydrogen-bond donors (Lipinski definition) is 4. The van der Waals surface area contributed by atoms with E-state index in [0.29, 0.717) is 31.1 Å². The van der Waals surface area contributed by atoms with E-state index >= 15 is 0 Å². The minimum Gasteiger partial charge on any atom is -0.464 e. The van der Waals surface area contributed by atoms with Gasteiger partial charge in [-0.25, -0.2) is 9.59 Å². The summed E-state index contributed by atoms with van der Waals surface area (Å²) in [6, 6.07) is 30.1. The van der Waals surface area contributed by atoms with Crippen molar-refractivity contribution in [2.45, 2.75) is 102 Å². The third kappa shape index (κ3) is 11.1. The Hall–Kier alpha value is -3.86. The molecule has 2 amide bonds. The first kappa shape index (κ1) is 41.9. The van der Waals surface area contributed by atoms with Crippen molar-refractivity contribution in [1.82, 2.24) is 21.3 Å². The third-order valence-corrected chi connectivity index (χ3v) is 11.8. The van der Waals surface area contributed by atoms with Crippen LogP contribution in [0, 0.1) is 11.8 Å². The van der Waals surface area contributed by atoms with Gasteiger partial charge < -0.3 is 20.1 Å². The van der Waals surface area contributed by atoms with Gasteiger partial charge >= 0.3 is 12.1 Å². The van der Waals surface area contributed by atoms with Crippen LogP contribution in [0.3, 0.4) is 0 Å². The second-order valence-electron chi connectivity index (χ2n) is 15.1. The molecule has 10 heteroatoms. The van der Waals surface area contributed by atoms with Crippen LogP contribution in [-0.2, 0) is 23.8 Å². The number of carbonyl (C=O) groups is 3. The molecule has 9 nitrogen and oxygen atoms in total. The molecular formula is C43H60N4O5S. The van der Waals surface area contributed by atoms with Crippen molar-refractivity contribution in [1.29, 1.82) is 0 Å². The quantitative estimate of drug-likeness (QED) is 0.0571. The molecule has 288 valence electrons. The van der Waals surface area contributed by atoms with Gasteiger partial charge in [0.15, 0.2) is 5.66 Å². The van der Waals surface area contributed by atoms with E-state index in [9.17, 15) is 14.4 Å². The van der Waals surface area contributed by atoms with Crippen LogP contribution in [0.15, 0.2) is 91.0 Å². The summed E-state index contributed by atoms with van der Waals surface area (Å²) in [5.74, 6) is 0.0192. The van der Waals surface area contributed by atoms with Crippen LogP contribution in [0.25, 0.3) is 0 Å². The van der Waals surface area contributed by atoms with Crippen molar-refractivity contribution in [2.24, 2.45) is 11.8 Å². The van der Waals surface area contributed by atoms with Gasteiger partial charge in [0.05, 0.1) is 17.4 Å². The molecule has 1 fully saturated rings. The highest BCUT2D eigenvalue weighted by molar-refractivity contribution is 8.00. The molecule has 1 aliphatic heterocycles. The van der Waals surface area contributed by atoms with Crippen molar-refractivity contribution in [3.8, 4) is 0 Å². The largest absolute Gasteiger partial charge is 0.464 e. The van der Waals surface area contributed by atoms with E-state index in [1.165, 1.54) is 0 Å². The van der Waals surface area contributed by atoms with Gasteiger partial charge in [0, 0.05) is 18.7 Å². The van der Waals surface area contributed by atoms with E-state index in [1.807, 2.05) is 45.9 Å². The summed E-state index contributed by atoms with van der Waals surface area (Å²) in [5.41, 5.74) is 1.38. The Morgan fingerprint density at radius 2 is 1.40 bits per heavy atom. The monoisotopic (exact) mass is 744 g/mol. The van der Waals surface area contributed by atoms with Crippen LogP contribution in [0.4, 0.5) is 4.79 Å². The highest BCUT2D eigenvalue weighted by Crippen LogP contribution is 2.48. The van der Waals surface area contributed by atoms with Crippen LogP contribution < -0.4 is 21.3 Å². The van der Waals surface area contributed by atoms with Gasteiger partial charge in [0.2, 0.25) is 0 Å². The summed E-state index contributed by atoms with van der Waals surface area (Å²) in [7, 11) is 0. The van der Waals surface area contributed by atoms with E-state index in [2.05, 4.69) is 115 Å². The number of rotatable bonds is 19. The maximum atomic E-state index is 14.4. The number of esters is 1. The molecule has 4 rings (SSSR count). The average Bonchev–Trinajstić information content (AvgIpc) is 3.56. The van der Waals surface area contributed by atoms with Crippen LogP contribution in [-0.4, -0.2) is 66.8 Å². The number of cyclic esters (lactones) is 1. The van der Waals surface area contributed by atoms with E-state index < -0.39 is 40.2 Å². The van der Waals surface area contributed by atoms with Crippen LogP contribution in [0.1, 0.15) is 90.8 Å². The van der Waals surface area contributed by atoms with Gasteiger partial charge in [0.25, 0.3) is 5.91 Å². The second kappa shape index (κ2) is 19.5. The Morgan fingerprint density at radius 1 is 0.849 bits per heavy atom. The Labute approximate surface area is 321 Å². The number of hydrogen-bond acceptors (Lipinski definition) is 8. The first-order valence-corrected chi connectivity index (χ1v) is 20.1. The SMILES string of the molecule is CCC(C)CCN[C@](NC[C@@H](CSC(c1ccccc1)(c1ccccc1)c1ccccc1)NC(=O)OC(C)(C)C)(C(=O)N[C@H]1CCOC1=O)[C@@H](C)CC. The van der Waals surface area contributed by atoms with Gasteiger partial charge in [-0.05, 0) is 68.7 Å². The summed E-state index contributed by atoms with van der Waals surface area (Å²) in [6.07, 6.45) is 2.47. The van der Waals surface area contributed by atoms with E-state index in [-0.39, 0.29) is 25.0 Å². The molecule has 0 aliphatic carbocycles. The fraction of sp³-hybridized carbons (Fsp3) is 0.512. The van der Waals surface area contributed by atoms with Crippen molar-refractivity contribution >= 4 is 29.7 Å². The van der Waals surface area contributed by atoms with Crippen LogP contribution in [0.5, 0.6) is 0 Å². The molecule has 3 aromatic rings. The predicted octanol–water partition coefficient (Wildman–Crippen LogP) is 7.39. The van der Waals surface area contributed by atoms with E-state index in [0.717, 1.165) is 29.5 Å². The molecule has 1 unspecified atom stereocenters. The number of carbonyl (C=O) groups excluding carboxylic acids is 3. The summed E-state index contributed by atoms with van der Waals surface area (Å²) in [6.45, 7) is 15.1. The lowest BCUT2D eigenvalue weighted by Gasteiger charge is -2.41. The Kier molecular flexibility index (Phi) is 15.4. The van der Waals surface area contributed by atoms with Crippen molar-refractivity contribution in [3.63, 3.8) is 0 Å². The third-order valence-electron chi connectivity index (χ3n) is 10.1. The topological polar surface area (TPSA) is 118 Å². The smallest absolute Gasteiger partial charge is 0.407 e. The van der Waals surface area contributed by atoms with Gasteiger partial charge in [0.1, 0.15) is 11.6 Å². The Balaban J connectivity index is 1.75. The molecule has 5 atom stereocenters. The maximum absolute atomic E-state index is 14.4. The molecule has 1 saturated heterocycles. The highest BCUT2D eigenvalue weighted by Gasteiger charge is 2.45. The van der Waals surface area contributed by atoms with E-state index in [4.69, 9.17) is 9.47 Å². The number of alkyl carbamates (subject to hydrolysis) is 1. The van der Waals surface area contributed by atoms with Gasteiger partial charge in [-0.1, -0.05) is 125 Å². The molecular weight excluding hydrogens is 685 g/mol. The number of benzene rings is 3. The fourth-order valence-electron chi connectivity index (χ4n) is 6.62. The standard InChI is InChI=1S/C43H60N4O5S/c1-8-31(3)25-27-44-43(32(4)9-2,39(49)47-37-26-28-51-38(37)48)45-29-36(46-40(50)52-41(5,6)7)30-53-42(33-19-13-10-14-20-33,34-21-15-11-16-22-34)35-23-17-12-18-24-35/h10-24,31-32,36-37,44-45H,8-9,25-30H2,1-7H3,(H,46,50)(H,47,49)/t31?,32-,36-,37-,43+/m0/s1. The van der Waals surface area contributed by atoms with Crippen LogP contribution in [0.2, 0.25) is 0 Å². The average molecular weight is 745 g/mol. The highest BCUT2D eigenvalue weighted by atomic mass is 32.2. The first-order chi connectivity index (χ1) is 25.3. The Bertz CT molecular complexity index is 1490. The fourth-order valence-corrected chi connectivity index (χ4v) is 8.19. The molecule has 1 heterocycles. The van der Waals surface area contributed by atoms with Gasteiger partial charge in [-0.15, -0.1) is 11.8 Å². The van der Waals surface area contributed by atoms with Crippen LogP contribution >= 0.6 is 11.8 Å². The zero-order valence-corrected chi connectivity index (χ0v) is 33.4. The molecule has 4 N–H and O–H groups in total. The second-order valence-corrected chi connectivity index (χ2v) is 16.4. The lowest BCUT2D eigenvalue weighted by molar-refractivity contribution is -0.143. The zero-order valence-electron chi connectivity index (χ0n) is 32.6. The van der Waals surface area contributed by atoms with Crippen molar-refractivity contribution in [2.75, 3.05) is 25.4 Å². The molecule has 0 bridgehead atoms. The lowest BCUT2D eigenvalue weighted by Crippen LogP contribution is -2.72. The minimum atomic E-state index is -1.24.